The van der Waals surface area contributed by atoms with Gasteiger partial charge in [-0.3, -0.25) is 9.11 Å². The topological polar surface area (TPSA) is 255 Å². The average Bonchev–Trinajstić information content (AvgIpc) is 2.89. The monoisotopic (exact) mass is 679 g/mol. The Bertz CT molecular complexity index is 1890. The lowest BCUT2D eigenvalue weighted by Gasteiger charge is -2.13. The molecule has 3 aromatic carbocycles. The van der Waals surface area contributed by atoms with E-state index >= 15 is 0 Å². The van der Waals surface area contributed by atoms with E-state index in [1.54, 1.807) is 0 Å². The molecule has 0 saturated carbocycles. The maximum atomic E-state index is 12.2. The van der Waals surface area contributed by atoms with Crippen LogP contribution in [0.4, 0.5) is 28.7 Å². The van der Waals surface area contributed by atoms with Crippen molar-refractivity contribution in [3.8, 4) is 5.75 Å². The number of fused-ring (bicyclic) bond motifs is 1. The van der Waals surface area contributed by atoms with Crippen LogP contribution in [0.3, 0.4) is 0 Å². The van der Waals surface area contributed by atoms with Crippen molar-refractivity contribution in [1.82, 2.24) is 15.0 Å². The Morgan fingerprint density at radius 2 is 1.64 bits per heavy atom. The molecule has 0 radical (unpaired) electrons. The van der Waals surface area contributed by atoms with Gasteiger partial charge in [0.25, 0.3) is 20.2 Å². The highest BCUT2D eigenvalue weighted by atomic mass is 35.5. The molecule has 0 saturated heterocycles. The molecule has 222 valence electrons. The Hall–Kier alpha value is -3.44. The van der Waals surface area contributed by atoms with E-state index in [9.17, 15) is 31.0 Å². The summed E-state index contributed by atoms with van der Waals surface area (Å²) in [6.07, 6.45) is 0. The first-order valence-corrected chi connectivity index (χ1v) is 15.3. The van der Waals surface area contributed by atoms with Crippen molar-refractivity contribution in [1.29, 1.82) is 0 Å². The molecular formula is C20H15Cl2N7O10S3. The third-order valence-corrected chi connectivity index (χ3v) is 7.54. The number of nitrogens with zero attached hydrogens (tertiary/aromatic N) is 5. The molecule has 0 fully saturated rings. The molecule has 17 nitrogen and oxygen atoms in total. The molecule has 4 aromatic rings. The van der Waals surface area contributed by atoms with Crippen LogP contribution in [0.2, 0.25) is 10.6 Å². The van der Waals surface area contributed by atoms with Crippen molar-refractivity contribution in [3.63, 3.8) is 0 Å². The molecule has 4 rings (SSSR count). The summed E-state index contributed by atoms with van der Waals surface area (Å²) < 4.78 is 71.3. The van der Waals surface area contributed by atoms with Gasteiger partial charge in [0, 0.05) is 11.8 Å². The van der Waals surface area contributed by atoms with Crippen LogP contribution in [-0.4, -0.2) is 57.1 Å². The first kappa shape index (κ1) is 31.5. The van der Waals surface area contributed by atoms with Gasteiger partial charge in [-0.2, -0.15) is 31.8 Å². The number of azo groups is 1. The molecule has 1 aromatic heterocycles. The zero-order valence-corrected chi connectivity index (χ0v) is 24.2. The third-order valence-electron chi connectivity index (χ3n) is 5.07. The maximum Gasteiger partial charge on any atom is 0.296 e. The van der Waals surface area contributed by atoms with E-state index < -0.39 is 35.8 Å². The Labute approximate surface area is 250 Å². The number of aromatic hydroxyl groups is 1. The Balaban J connectivity index is 1.81. The van der Waals surface area contributed by atoms with Gasteiger partial charge in [-0.05, 0) is 58.9 Å². The summed E-state index contributed by atoms with van der Waals surface area (Å²) in [6.45, 7) is 0. The van der Waals surface area contributed by atoms with E-state index in [4.69, 9.17) is 28.5 Å². The lowest BCUT2D eigenvalue weighted by Crippen LogP contribution is -2.02. The second kappa shape index (κ2) is 12.8. The minimum atomic E-state index is -4.89. The van der Waals surface area contributed by atoms with Crippen LogP contribution >= 0.6 is 35.2 Å². The highest BCUT2D eigenvalue weighted by Crippen LogP contribution is 2.42. The first-order chi connectivity index (χ1) is 19.8. The Kier molecular flexibility index (Phi) is 9.62. The summed E-state index contributed by atoms with van der Waals surface area (Å²) in [5, 5.41) is 35.6. The lowest BCUT2D eigenvalue weighted by molar-refractivity contribution is -0.432. The molecule has 0 unspecified atom stereocenters. The molecule has 0 aliphatic heterocycles. The minimum absolute atomic E-state index is 0.0456. The van der Waals surface area contributed by atoms with Crippen molar-refractivity contribution >= 4 is 95.0 Å². The molecule has 42 heavy (non-hydrogen) atoms. The van der Waals surface area contributed by atoms with Crippen LogP contribution in [0, 0.1) is 0 Å². The summed E-state index contributed by atoms with van der Waals surface area (Å²) in [5.74, 6) is -0.805. The number of anilines is 3. The van der Waals surface area contributed by atoms with E-state index in [1.165, 1.54) is 24.3 Å². The molecule has 0 spiro atoms. The van der Waals surface area contributed by atoms with Gasteiger partial charge >= 0.3 is 0 Å². The highest BCUT2D eigenvalue weighted by molar-refractivity contribution is 7.94. The van der Waals surface area contributed by atoms with Gasteiger partial charge in [-0.1, -0.05) is 11.1 Å². The van der Waals surface area contributed by atoms with E-state index in [2.05, 4.69) is 45.2 Å². The zero-order chi connectivity index (χ0) is 30.7. The molecular weight excluding hydrogens is 665 g/mol. The van der Waals surface area contributed by atoms with Crippen molar-refractivity contribution in [2.24, 2.45) is 10.2 Å². The second-order valence-corrected chi connectivity index (χ2v) is 11.9. The molecule has 22 heteroatoms. The van der Waals surface area contributed by atoms with Gasteiger partial charge in [-0.15, -0.1) is 14.6 Å². The molecule has 0 atom stereocenters. The zero-order valence-electron chi connectivity index (χ0n) is 20.2. The van der Waals surface area contributed by atoms with Gasteiger partial charge in [-0.25, -0.2) is 5.26 Å². The van der Waals surface area contributed by atoms with Crippen LogP contribution in [-0.2, 0) is 29.6 Å². The number of hydrogen-bond acceptors (Lipinski definition) is 16. The maximum absolute atomic E-state index is 12.2. The normalized spacial score (nSPS) is 12.2. The van der Waals surface area contributed by atoms with E-state index in [0.29, 0.717) is 12.0 Å². The predicted octanol–water partition coefficient (Wildman–Crippen LogP) is 5.13. The van der Waals surface area contributed by atoms with E-state index in [1.807, 2.05) is 0 Å². The lowest BCUT2D eigenvalue weighted by atomic mass is 10.1. The molecule has 0 aliphatic carbocycles. The number of nitrogens with one attached hydrogen (secondary N) is 2. The fourth-order valence-corrected chi connectivity index (χ4v) is 5.30. The average molecular weight is 680 g/mol. The van der Waals surface area contributed by atoms with Crippen LogP contribution in [0.25, 0.3) is 10.8 Å². The van der Waals surface area contributed by atoms with Crippen molar-refractivity contribution in [3.05, 3.63) is 53.0 Å². The van der Waals surface area contributed by atoms with Gasteiger partial charge in [0.05, 0.1) is 33.9 Å². The summed E-state index contributed by atoms with van der Waals surface area (Å²) in [5.41, 5.74) is -0.218. The number of benzene rings is 3. The molecule has 6 N–H and O–H groups in total. The van der Waals surface area contributed by atoms with Crippen LogP contribution < -0.4 is 10.6 Å². The summed E-state index contributed by atoms with van der Waals surface area (Å²) in [7, 11) is -9.57. The fourth-order valence-electron chi connectivity index (χ4n) is 3.44. The Morgan fingerprint density at radius 1 is 0.929 bits per heavy atom. The number of aromatic nitrogens is 3. The molecule has 1 heterocycles. The van der Waals surface area contributed by atoms with E-state index in [-0.39, 0.29) is 55.9 Å². The standard InChI is InChI=1S/C20H15Cl2N7O10S3/c21-18-25-19(22)27-20(26-18)24-10-2-4-12(15(6-10)42(35,36)37)28-29-17-13(23-8-40-39-38-31)3-1-9-5-11(41(32,33)34)7-14(30)16(9)17/h1-7,23,30-31H,8H2,(H,32,33,34)(H,35,36,37)(H,24,25,26,27). The third kappa shape index (κ3) is 7.69. The summed E-state index contributed by atoms with van der Waals surface area (Å²) in [6, 6.07) is 8.16. The van der Waals surface area contributed by atoms with Gasteiger partial charge in [0.15, 0.2) is 0 Å². The number of phenolic OH excluding ortho intramolecular Hbond substituents is 1. The van der Waals surface area contributed by atoms with Crippen molar-refractivity contribution < 1.29 is 45.7 Å². The summed E-state index contributed by atoms with van der Waals surface area (Å²) in [4.78, 5) is 9.90. The van der Waals surface area contributed by atoms with Crippen LogP contribution in [0.1, 0.15) is 0 Å². The van der Waals surface area contributed by atoms with Crippen LogP contribution in [0.15, 0.2) is 62.5 Å². The molecule has 0 aliphatic rings. The highest BCUT2D eigenvalue weighted by Gasteiger charge is 2.20. The minimum Gasteiger partial charge on any atom is -0.507 e. The Morgan fingerprint density at radius 3 is 2.29 bits per heavy atom. The second-order valence-electron chi connectivity index (χ2n) is 7.74. The van der Waals surface area contributed by atoms with Crippen LogP contribution in [0.5, 0.6) is 5.75 Å². The largest absolute Gasteiger partial charge is 0.507 e. The van der Waals surface area contributed by atoms with E-state index in [0.717, 1.165) is 18.2 Å². The number of rotatable bonds is 11. The quantitative estimate of drug-likeness (QED) is 0.0228. The number of halogens is 2. The van der Waals surface area contributed by atoms with Gasteiger partial charge < -0.3 is 15.7 Å². The SMILES string of the molecule is O=S(=O)(O)c1cc(O)c2c(N=Nc3ccc(Nc4nc(Cl)nc(Cl)n4)cc3S(=O)(=O)O)c(NCSOOO)ccc2c1. The predicted molar refractivity (Wildman–Crippen MR) is 150 cm³/mol. The number of phenols is 1. The van der Waals surface area contributed by atoms with Gasteiger partial charge in [0.2, 0.25) is 16.5 Å². The molecule has 0 bridgehead atoms. The van der Waals surface area contributed by atoms with Gasteiger partial charge in [0.1, 0.15) is 22.0 Å². The molecule has 0 amide bonds. The first-order valence-electron chi connectivity index (χ1n) is 10.7. The van der Waals surface area contributed by atoms with Crippen molar-refractivity contribution in [2.45, 2.75) is 9.79 Å². The smallest absolute Gasteiger partial charge is 0.296 e. The van der Waals surface area contributed by atoms with Crippen molar-refractivity contribution in [2.75, 3.05) is 16.5 Å². The fraction of sp³-hybridized carbons (Fsp3) is 0.0500. The number of hydrogen-bond donors (Lipinski definition) is 6. The summed E-state index contributed by atoms with van der Waals surface area (Å²) >= 11 is 12.1.